The molecule has 0 saturated carbocycles. The molecular weight excluding hydrogens is 358 g/mol. The minimum atomic E-state index is 0.0543. The van der Waals surface area contributed by atoms with Gasteiger partial charge in [0.05, 0.1) is 52.7 Å². The quantitative estimate of drug-likeness (QED) is 0.629. The summed E-state index contributed by atoms with van der Waals surface area (Å²) in [6, 6.07) is 11.5. The van der Waals surface area contributed by atoms with Crippen molar-refractivity contribution in [3.8, 4) is 17.2 Å². The smallest absolute Gasteiger partial charge is 0.315 e. The molecule has 150 valence electrons. The highest BCUT2D eigenvalue weighted by Crippen LogP contribution is 2.41. The maximum Gasteiger partial charge on any atom is 0.315 e. The molecule has 1 heterocycles. The Labute approximate surface area is 165 Å². The molecule has 0 radical (unpaired) electrons. The zero-order valence-corrected chi connectivity index (χ0v) is 16.9. The Bertz CT molecular complexity index is 861. The van der Waals surface area contributed by atoms with Gasteiger partial charge in [0.2, 0.25) is 0 Å². The molecule has 1 aliphatic heterocycles. The first-order chi connectivity index (χ1) is 13.5. The van der Waals surface area contributed by atoms with Crippen LogP contribution in [0.25, 0.3) is 0 Å². The fourth-order valence-corrected chi connectivity index (χ4v) is 3.92. The van der Waals surface area contributed by atoms with E-state index in [0.717, 1.165) is 17.1 Å². The first-order valence-corrected chi connectivity index (χ1v) is 9.25. The summed E-state index contributed by atoms with van der Waals surface area (Å²) in [5.41, 5.74) is 8.64. The van der Waals surface area contributed by atoms with Crippen LogP contribution in [0.15, 0.2) is 36.4 Å². The standard InChI is InChI=1S/C21H28N3O4/c1-15(25)24(18-14-21(28-4)20(27-3)13-16(18)22)11-9-23(10-12-24)17-7-5-6-8-19(17)26-2/h5-8,13-14H,9-12,22H2,1-4H3/q+1. The molecule has 1 saturated heterocycles. The van der Waals surface area contributed by atoms with E-state index >= 15 is 0 Å². The minimum Gasteiger partial charge on any atom is -0.495 e. The van der Waals surface area contributed by atoms with Gasteiger partial charge in [0.15, 0.2) is 17.2 Å². The molecule has 0 spiro atoms. The number of rotatable bonds is 5. The Hall–Kier alpha value is -2.93. The maximum absolute atomic E-state index is 12.8. The normalized spacial score (nSPS) is 15.8. The van der Waals surface area contributed by atoms with Crippen molar-refractivity contribution in [2.75, 3.05) is 58.1 Å². The number of methoxy groups -OCH3 is 3. The molecule has 0 atom stereocenters. The topological polar surface area (TPSA) is 74.0 Å². The van der Waals surface area contributed by atoms with Crippen LogP contribution in [0.2, 0.25) is 0 Å². The number of benzene rings is 2. The summed E-state index contributed by atoms with van der Waals surface area (Å²) in [6.45, 7) is 4.23. The monoisotopic (exact) mass is 386 g/mol. The second-order valence-corrected chi connectivity index (χ2v) is 6.86. The average molecular weight is 386 g/mol. The number of para-hydroxylation sites is 2. The summed E-state index contributed by atoms with van der Waals surface area (Å²) in [4.78, 5) is 15.0. The molecule has 1 fully saturated rings. The number of hydrogen-bond acceptors (Lipinski definition) is 6. The molecule has 7 heteroatoms. The molecule has 0 aromatic heterocycles. The van der Waals surface area contributed by atoms with Crippen LogP contribution in [-0.4, -0.2) is 53.4 Å². The summed E-state index contributed by atoms with van der Waals surface area (Å²) < 4.78 is 16.4. The van der Waals surface area contributed by atoms with Crippen molar-refractivity contribution in [2.45, 2.75) is 6.92 Å². The lowest BCUT2D eigenvalue weighted by molar-refractivity contribution is -0.128. The molecule has 2 aromatic carbocycles. The number of hydrogen-bond donors (Lipinski definition) is 1. The van der Waals surface area contributed by atoms with Crippen molar-refractivity contribution in [2.24, 2.45) is 0 Å². The number of amides is 1. The van der Waals surface area contributed by atoms with Crippen LogP contribution in [0.3, 0.4) is 0 Å². The number of anilines is 2. The highest BCUT2D eigenvalue weighted by molar-refractivity contribution is 5.91. The van der Waals surface area contributed by atoms with Crippen LogP contribution in [-0.2, 0) is 4.79 Å². The number of nitrogens with two attached hydrogens (primary N) is 1. The summed E-state index contributed by atoms with van der Waals surface area (Å²) in [7, 11) is 4.82. The number of nitrogens with zero attached hydrogens (tertiary/aromatic N) is 2. The number of carbonyl (C=O) groups is 1. The summed E-state index contributed by atoms with van der Waals surface area (Å²) in [5.74, 6) is 2.00. The van der Waals surface area contributed by atoms with Crippen molar-refractivity contribution < 1.29 is 19.0 Å². The number of carbonyl (C=O) groups excluding carboxylic acids is 1. The fourth-order valence-electron chi connectivity index (χ4n) is 3.92. The lowest BCUT2D eigenvalue weighted by atomic mass is 10.1. The third-order valence-electron chi connectivity index (χ3n) is 5.53. The van der Waals surface area contributed by atoms with Crippen LogP contribution < -0.4 is 29.3 Å². The lowest BCUT2D eigenvalue weighted by Crippen LogP contribution is -2.63. The molecule has 0 unspecified atom stereocenters. The minimum absolute atomic E-state index is 0.0543. The number of ether oxygens (including phenoxy) is 3. The molecule has 0 bridgehead atoms. The molecule has 1 amide bonds. The van der Waals surface area contributed by atoms with E-state index in [1.807, 2.05) is 30.3 Å². The van der Waals surface area contributed by atoms with Crippen molar-refractivity contribution in [1.29, 1.82) is 0 Å². The van der Waals surface area contributed by atoms with E-state index in [-0.39, 0.29) is 10.4 Å². The van der Waals surface area contributed by atoms with E-state index in [1.54, 1.807) is 34.3 Å². The van der Waals surface area contributed by atoms with Gasteiger partial charge in [-0.1, -0.05) is 12.1 Å². The van der Waals surface area contributed by atoms with E-state index < -0.39 is 0 Å². The van der Waals surface area contributed by atoms with Crippen LogP contribution in [0, 0.1) is 0 Å². The Morgan fingerprint density at radius 2 is 1.54 bits per heavy atom. The summed E-state index contributed by atoms with van der Waals surface area (Å²) in [5, 5.41) is 0. The van der Waals surface area contributed by atoms with Crippen molar-refractivity contribution in [3.05, 3.63) is 36.4 Å². The molecular formula is C21H28N3O4+. The van der Waals surface area contributed by atoms with Gasteiger partial charge >= 0.3 is 5.91 Å². The Morgan fingerprint density at radius 1 is 0.964 bits per heavy atom. The lowest BCUT2D eigenvalue weighted by Gasteiger charge is -2.43. The van der Waals surface area contributed by atoms with Crippen LogP contribution in [0.4, 0.5) is 17.1 Å². The predicted octanol–water partition coefficient (Wildman–Crippen LogP) is 2.67. The molecule has 1 aliphatic rings. The van der Waals surface area contributed by atoms with Gasteiger partial charge < -0.3 is 24.8 Å². The Kier molecular flexibility index (Phi) is 5.65. The number of quaternary nitrogens is 1. The molecule has 2 aromatic rings. The number of nitrogen functional groups attached to an aromatic ring is 1. The molecule has 7 nitrogen and oxygen atoms in total. The molecule has 3 rings (SSSR count). The Balaban J connectivity index is 1.95. The van der Waals surface area contributed by atoms with Crippen molar-refractivity contribution in [3.63, 3.8) is 0 Å². The second kappa shape index (κ2) is 7.98. The highest BCUT2D eigenvalue weighted by atomic mass is 16.5. The third kappa shape index (κ3) is 3.33. The SMILES string of the molecule is COc1cc(N)c([N+]2(C(C)=O)CCN(c3ccccc3OC)CC2)cc1OC. The van der Waals surface area contributed by atoms with Gasteiger partial charge in [-0.15, -0.1) is 0 Å². The van der Waals surface area contributed by atoms with Gasteiger partial charge in [-0.05, 0) is 12.1 Å². The van der Waals surface area contributed by atoms with Crippen LogP contribution >= 0.6 is 0 Å². The zero-order chi connectivity index (χ0) is 20.3. The maximum atomic E-state index is 12.8. The first-order valence-electron chi connectivity index (χ1n) is 9.25. The second-order valence-electron chi connectivity index (χ2n) is 6.86. The highest BCUT2D eigenvalue weighted by Gasteiger charge is 2.42. The van der Waals surface area contributed by atoms with E-state index in [1.165, 1.54) is 0 Å². The van der Waals surface area contributed by atoms with E-state index in [0.29, 0.717) is 43.4 Å². The molecule has 0 aliphatic carbocycles. The van der Waals surface area contributed by atoms with E-state index in [4.69, 9.17) is 19.9 Å². The molecule has 28 heavy (non-hydrogen) atoms. The van der Waals surface area contributed by atoms with Crippen molar-refractivity contribution in [1.82, 2.24) is 4.48 Å². The predicted molar refractivity (Wildman–Crippen MR) is 111 cm³/mol. The summed E-state index contributed by atoms with van der Waals surface area (Å²) >= 11 is 0. The van der Waals surface area contributed by atoms with E-state index in [9.17, 15) is 4.79 Å². The van der Waals surface area contributed by atoms with Gasteiger partial charge in [-0.3, -0.25) is 0 Å². The van der Waals surface area contributed by atoms with Crippen LogP contribution in [0.5, 0.6) is 17.2 Å². The average Bonchev–Trinajstić information content (AvgIpc) is 2.73. The first kappa shape index (κ1) is 19.8. The number of piperazine rings is 1. The van der Waals surface area contributed by atoms with Gasteiger partial charge in [-0.2, -0.15) is 0 Å². The van der Waals surface area contributed by atoms with Gasteiger partial charge in [0.1, 0.15) is 18.8 Å². The van der Waals surface area contributed by atoms with Gasteiger partial charge in [0.25, 0.3) is 0 Å². The molecule has 2 N–H and O–H groups in total. The Morgan fingerprint density at radius 3 is 2.11 bits per heavy atom. The largest absolute Gasteiger partial charge is 0.495 e. The fraction of sp³-hybridized carbons (Fsp3) is 0.381. The third-order valence-corrected chi connectivity index (χ3v) is 5.53. The van der Waals surface area contributed by atoms with E-state index in [2.05, 4.69) is 4.90 Å². The van der Waals surface area contributed by atoms with Gasteiger partial charge in [-0.25, -0.2) is 9.28 Å². The van der Waals surface area contributed by atoms with Crippen LogP contribution in [0.1, 0.15) is 6.92 Å². The van der Waals surface area contributed by atoms with Gasteiger partial charge in [0, 0.05) is 12.1 Å². The summed E-state index contributed by atoms with van der Waals surface area (Å²) in [6.07, 6.45) is 0. The zero-order valence-electron chi connectivity index (χ0n) is 16.9. The van der Waals surface area contributed by atoms with Crippen molar-refractivity contribution >= 4 is 23.0 Å².